The van der Waals surface area contributed by atoms with Crippen molar-refractivity contribution in [3.63, 3.8) is 0 Å². The molecule has 4 aromatic rings. The monoisotopic (exact) mass is 460 g/mol. The Bertz CT molecular complexity index is 1300. The number of aryl methyl sites for hydroxylation is 2. The Kier molecular flexibility index (Phi) is 6.69. The molecule has 0 unspecified atom stereocenters. The normalized spacial score (nSPS) is 11.0. The molecule has 0 aliphatic heterocycles. The van der Waals surface area contributed by atoms with E-state index in [-0.39, 0.29) is 11.6 Å². The average molecular weight is 461 g/mol. The van der Waals surface area contributed by atoms with E-state index >= 15 is 0 Å². The Morgan fingerprint density at radius 1 is 1.15 bits per heavy atom. The predicted molar refractivity (Wildman–Crippen MR) is 128 cm³/mol. The molecule has 168 valence electrons. The zero-order valence-corrected chi connectivity index (χ0v) is 19.2. The van der Waals surface area contributed by atoms with E-state index in [9.17, 15) is 9.59 Å². The zero-order chi connectivity index (χ0) is 23.4. The van der Waals surface area contributed by atoms with Gasteiger partial charge in [-0.2, -0.15) is 0 Å². The summed E-state index contributed by atoms with van der Waals surface area (Å²) in [5, 5.41) is 2.95. The minimum Gasteiger partial charge on any atom is -0.364 e. The number of carbonyl (C=O) groups is 2. The lowest BCUT2D eigenvalue weighted by Gasteiger charge is -2.12. The molecule has 9 heteroatoms. The minimum absolute atomic E-state index is 0.0758. The second-order valence-corrected chi connectivity index (χ2v) is 8.68. The van der Waals surface area contributed by atoms with E-state index in [4.69, 9.17) is 5.73 Å². The van der Waals surface area contributed by atoms with Crippen molar-refractivity contribution >= 4 is 34.9 Å². The van der Waals surface area contributed by atoms with Crippen LogP contribution in [0, 0.1) is 13.8 Å². The number of nitrogens with two attached hydrogens (primary N) is 1. The Labute approximate surface area is 195 Å². The van der Waals surface area contributed by atoms with Crippen LogP contribution in [0.5, 0.6) is 0 Å². The van der Waals surface area contributed by atoms with Gasteiger partial charge in [0, 0.05) is 46.5 Å². The van der Waals surface area contributed by atoms with Gasteiger partial charge in [0.05, 0.1) is 0 Å². The summed E-state index contributed by atoms with van der Waals surface area (Å²) in [6.45, 7) is 3.78. The maximum Gasteiger partial charge on any atom is 0.271 e. The van der Waals surface area contributed by atoms with E-state index in [1.807, 2.05) is 50.4 Å². The first-order valence-corrected chi connectivity index (χ1v) is 11.5. The van der Waals surface area contributed by atoms with Crippen molar-refractivity contribution in [2.45, 2.75) is 37.3 Å². The van der Waals surface area contributed by atoms with Crippen LogP contribution in [0.4, 0.5) is 5.69 Å². The number of hydrogen-bond donors (Lipinski definition) is 2. The van der Waals surface area contributed by atoms with Gasteiger partial charge in [0.15, 0.2) is 11.3 Å². The van der Waals surface area contributed by atoms with Crippen molar-refractivity contribution in [1.29, 1.82) is 0 Å². The molecule has 0 saturated heterocycles. The Hall–Kier alpha value is -3.72. The first-order chi connectivity index (χ1) is 15.9. The molecule has 1 aromatic carbocycles. The molecule has 0 spiro atoms. The van der Waals surface area contributed by atoms with E-state index in [2.05, 4.69) is 26.3 Å². The number of hydrogen-bond acceptors (Lipinski definition) is 6. The molecule has 33 heavy (non-hydrogen) atoms. The standard InChI is InChI=1S/C24H24N6O2S/c1-15-20(16(2)30-14-27-22(23(25)32)24(30)28-15)9-10-21(31)29-18-5-7-19(8-6-18)33-13-17-4-3-11-26-12-17/h3-8,11-12,14H,9-10,13H2,1-2H3,(H2,25,32)(H,29,31). The van der Waals surface area contributed by atoms with Crippen LogP contribution in [-0.2, 0) is 17.0 Å². The molecule has 3 aromatic heterocycles. The highest BCUT2D eigenvalue weighted by Gasteiger charge is 2.17. The highest BCUT2D eigenvalue weighted by Crippen LogP contribution is 2.24. The maximum absolute atomic E-state index is 12.5. The third kappa shape index (κ3) is 5.20. The van der Waals surface area contributed by atoms with E-state index < -0.39 is 5.91 Å². The lowest BCUT2D eigenvalue weighted by molar-refractivity contribution is -0.116. The molecule has 0 saturated carbocycles. The van der Waals surface area contributed by atoms with Gasteiger partial charge >= 0.3 is 0 Å². The molecule has 0 fully saturated rings. The number of pyridine rings is 1. The molecule has 0 bridgehead atoms. The van der Waals surface area contributed by atoms with Gasteiger partial charge < -0.3 is 11.1 Å². The third-order valence-electron chi connectivity index (χ3n) is 5.35. The molecule has 3 N–H and O–H groups in total. The van der Waals surface area contributed by atoms with Gasteiger partial charge in [-0.15, -0.1) is 11.8 Å². The predicted octanol–water partition coefficient (Wildman–Crippen LogP) is 3.70. The fraction of sp³-hybridized carbons (Fsp3) is 0.208. The van der Waals surface area contributed by atoms with Gasteiger partial charge in [-0.1, -0.05) is 6.07 Å². The van der Waals surface area contributed by atoms with Crippen molar-refractivity contribution in [2.75, 3.05) is 5.32 Å². The second kappa shape index (κ2) is 9.83. The lowest BCUT2D eigenvalue weighted by Crippen LogP contribution is -2.15. The van der Waals surface area contributed by atoms with Crippen molar-refractivity contribution in [2.24, 2.45) is 5.73 Å². The van der Waals surface area contributed by atoms with Gasteiger partial charge in [0.2, 0.25) is 5.91 Å². The molecular weight excluding hydrogens is 436 g/mol. The van der Waals surface area contributed by atoms with Crippen molar-refractivity contribution in [3.8, 4) is 0 Å². The largest absolute Gasteiger partial charge is 0.364 e. The number of fused-ring (bicyclic) bond motifs is 1. The number of aromatic nitrogens is 4. The highest BCUT2D eigenvalue weighted by molar-refractivity contribution is 7.98. The molecule has 0 aliphatic carbocycles. The molecule has 0 radical (unpaired) electrons. The smallest absolute Gasteiger partial charge is 0.271 e. The number of anilines is 1. The molecule has 0 aliphatic rings. The number of benzene rings is 1. The van der Waals surface area contributed by atoms with E-state index in [0.29, 0.717) is 18.5 Å². The van der Waals surface area contributed by atoms with Gasteiger partial charge in [-0.05, 0) is 61.7 Å². The number of rotatable bonds is 8. The lowest BCUT2D eigenvalue weighted by atomic mass is 10.1. The van der Waals surface area contributed by atoms with Gasteiger partial charge in [0.1, 0.15) is 6.33 Å². The molecule has 2 amide bonds. The summed E-state index contributed by atoms with van der Waals surface area (Å²) in [4.78, 5) is 37.9. The summed E-state index contributed by atoms with van der Waals surface area (Å²) >= 11 is 1.72. The fourth-order valence-corrected chi connectivity index (χ4v) is 4.44. The van der Waals surface area contributed by atoms with Crippen molar-refractivity contribution < 1.29 is 9.59 Å². The number of nitrogens with one attached hydrogen (secondary N) is 1. The van der Waals surface area contributed by atoms with Crippen LogP contribution in [0.3, 0.4) is 0 Å². The number of primary amides is 1. The van der Waals surface area contributed by atoms with Crippen LogP contribution >= 0.6 is 11.8 Å². The third-order valence-corrected chi connectivity index (χ3v) is 6.44. The topological polar surface area (TPSA) is 115 Å². The zero-order valence-electron chi connectivity index (χ0n) is 18.4. The quantitative estimate of drug-likeness (QED) is 0.387. The van der Waals surface area contributed by atoms with E-state index in [1.165, 1.54) is 11.9 Å². The van der Waals surface area contributed by atoms with Gasteiger partial charge in [0.25, 0.3) is 5.91 Å². The minimum atomic E-state index is -0.613. The summed E-state index contributed by atoms with van der Waals surface area (Å²) in [5.74, 6) is 0.152. The van der Waals surface area contributed by atoms with Crippen LogP contribution in [0.1, 0.15) is 39.4 Å². The Morgan fingerprint density at radius 2 is 1.94 bits per heavy atom. The summed E-state index contributed by atoms with van der Waals surface area (Å²) in [5.41, 5.74) is 10.5. The Morgan fingerprint density at radius 3 is 2.64 bits per heavy atom. The summed E-state index contributed by atoms with van der Waals surface area (Å²) in [7, 11) is 0. The number of carbonyl (C=O) groups excluding carboxylic acids is 2. The van der Waals surface area contributed by atoms with Gasteiger partial charge in [-0.3, -0.25) is 19.0 Å². The molecule has 0 atom stereocenters. The van der Waals surface area contributed by atoms with Crippen molar-refractivity contribution in [1.82, 2.24) is 19.4 Å². The summed E-state index contributed by atoms with van der Waals surface area (Å²) < 4.78 is 1.74. The maximum atomic E-state index is 12.5. The number of nitrogens with zero attached hydrogens (tertiary/aromatic N) is 4. The van der Waals surface area contributed by atoms with Gasteiger partial charge in [-0.25, -0.2) is 9.97 Å². The molecule has 8 nitrogen and oxygen atoms in total. The SMILES string of the molecule is Cc1nc2c(C(N)=O)ncn2c(C)c1CCC(=O)Nc1ccc(SCc2cccnc2)cc1. The molecule has 3 heterocycles. The van der Waals surface area contributed by atoms with E-state index in [0.717, 1.165) is 33.3 Å². The van der Waals surface area contributed by atoms with Crippen LogP contribution in [0.2, 0.25) is 0 Å². The van der Waals surface area contributed by atoms with Crippen molar-refractivity contribution in [3.05, 3.63) is 83.3 Å². The number of amides is 2. The van der Waals surface area contributed by atoms with Crippen LogP contribution in [0.25, 0.3) is 5.65 Å². The summed E-state index contributed by atoms with van der Waals surface area (Å²) in [6.07, 6.45) is 6.00. The fourth-order valence-electron chi connectivity index (χ4n) is 3.61. The van der Waals surface area contributed by atoms with Crippen LogP contribution in [-0.4, -0.2) is 31.2 Å². The van der Waals surface area contributed by atoms with Crippen LogP contribution < -0.4 is 11.1 Å². The Balaban J connectivity index is 1.35. The van der Waals surface area contributed by atoms with Crippen LogP contribution in [0.15, 0.2) is 60.0 Å². The molecule has 4 rings (SSSR count). The van der Waals surface area contributed by atoms with E-state index in [1.54, 1.807) is 22.4 Å². The highest BCUT2D eigenvalue weighted by atomic mass is 32.2. The molecular formula is C24H24N6O2S. The number of imidazole rings is 1. The first-order valence-electron chi connectivity index (χ1n) is 10.5. The second-order valence-electron chi connectivity index (χ2n) is 7.63. The first kappa shape index (κ1) is 22.5. The number of thioether (sulfide) groups is 1. The average Bonchev–Trinajstić information content (AvgIpc) is 3.23. The summed E-state index contributed by atoms with van der Waals surface area (Å²) in [6, 6.07) is 11.8.